The van der Waals surface area contributed by atoms with E-state index in [0.29, 0.717) is 55.7 Å². The number of hydrogen-bond donors (Lipinski definition) is 2. The maximum atomic E-state index is 13.4. The second-order valence-corrected chi connectivity index (χ2v) is 12.3. The molecule has 1 saturated carbocycles. The highest BCUT2D eigenvalue weighted by Crippen LogP contribution is 2.32. The van der Waals surface area contributed by atoms with Gasteiger partial charge in [0.15, 0.2) is 0 Å². The SMILES string of the molecule is CCC[C@@H](NC(=O)[C@]1(C)CSC(/C(C)=N/CCCNC(=O)OC(C)(C)C)=N1)c1cc(OCC2CC2)cc(=O)o1. The predicted molar refractivity (Wildman–Crippen MR) is 154 cm³/mol. The number of amides is 2. The Labute approximate surface area is 234 Å². The summed E-state index contributed by atoms with van der Waals surface area (Å²) in [5, 5.41) is 6.50. The molecule has 2 atom stereocenters. The van der Waals surface area contributed by atoms with Gasteiger partial charge in [-0.2, -0.15) is 0 Å². The maximum absolute atomic E-state index is 13.4. The molecular formula is C28H42N4O6S. The Kier molecular flexibility index (Phi) is 10.6. The Morgan fingerprint density at radius 3 is 2.72 bits per heavy atom. The first kappa shape index (κ1) is 30.7. The zero-order valence-electron chi connectivity index (χ0n) is 23.9. The van der Waals surface area contributed by atoms with Gasteiger partial charge in [0.05, 0.1) is 24.4 Å². The lowest BCUT2D eigenvalue weighted by Crippen LogP contribution is -2.45. The highest BCUT2D eigenvalue weighted by molar-refractivity contribution is 8.16. The van der Waals surface area contributed by atoms with Crippen LogP contribution in [0.3, 0.4) is 0 Å². The maximum Gasteiger partial charge on any atom is 0.407 e. The first-order valence-electron chi connectivity index (χ1n) is 13.7. The van der Waals surface area contributed by atoms with Gasteiger partial charge in [-0.15, -0.1) is 11.8 Å². The van der Waals surface area contributed by atoms with E-state index in [2.05, 4.69) is 15.6 Å². The predicted octanol–water partition coefficient (Wildman–Crippen LogP) is 4.67. The molecule has 1 aromatic rings. The zero-order chi connectivity index (χ0) is 28.6. The van der Waals surface area contributed by atoms with Crippen LogP contribution >= 0.6 is 11.8 Å². The third-order valence-corrected chi connectivity index (χ3v) is 7.53. The Balaban J connectivity index is 1.57. The van der Waals surface area contributed by atoms with Crippen molar-refractivity contribution in [3.8, 4) is 5.75 Å². The molecule has 39 heavy (non-hydrogen) atoms. The zero-order valence-corrected chi connectivity index (χ0v) is 24.7. The molecule has 0 aromatic carbocycles. The first-order valence-corrected chi connectivity index (χ1v) is 14.7. The minimum Gasteiger partial charge on any atom is -0.493 e. The van der Waals surface area contributed by atoms with Crippen LogP contribution in [0.2, 0.25) is 0 Å². The van der Waals surface area contributed by atoms with E-state index in [1.54, 1.807) is 13.0 Å². The van der Waals surface area contributed by atoms with Gasteiger partial charge < -0.3 is 24.5 Å². The number of nitrogens with zero attached hydrogens (tertiary/aromatic N) is 2. The van der Waals surface area contributed by atoms with Gasteiger partial charge in [-0.3, -0.25) is 14.8 Å². The van der Waals surface area contributed by atoms with Gasteiger partial charge in [0.2, 0.25) is 5.91 Å². The highest BCUT2D eigenvalue weighted by Gasteiger charge is 2.40. The van der Waals surface area contributed by atoms with Crippen molar-refractivity contribution < 1.29 is 23.5 Å². The van der Waals surface area contributed by atoms with Crippen LogP contribution in [0.25, 0.3) is 0 Å². The Hall–Kier alpha value is -2.82. The van der Waals surface area contributed by atoms with Gasteiger partial charge in [0.1, 0.15) is 27.7 Å². The number of aliphatic imine (C=N–C) groups is 2. The molecule has 0 radical (unpaired) electrons. The Bertz CT molecular complexity index is 1140. The van der Waals surface area contributed by atoms with Gasteiger partial charge in [0, 0.05) is 24.9 Å². The minimum absolute atomic E-state index is 0.232. The van der Waals surface area contributed by atoms with Crippen LogP contribution in [0, 0.1) is 5.92 Å². The Morgan fingerprint density at radius 2 is 2.05 bits per heavy atom. The normalized spacial score (nSPS) is 20.3. The van der Waals surface area contributed by atoms with Crippen LogP contribution < -0.4 is 21.0 Å². The molecule has 2 amide bonds. The van der Waals surface area contributed by atoms with E-state index >= 15 is 0 Å². The number of ether oxygens (including phenoxy) is 2. The van der Waals surface area contributed by atoms with E-state index in [1.165, 1.54) is 17.8 Å². The number of nitrogens with one attached hydrogen (secondary N) is 2. The summed E-state index contributed by atoms with van der Waals surface area (Å²) in [5.74, 6) is 1.66. The van der Waals surface area contributed by atoms with E-state index in [0.717, 1.165) is 30.0 Å². The van der Waals surface area contributed by atoms with Crippen molar-refractivity contribution in [3.05, 3.63) is 28.3 Å². The molecule has 2 aliphatic rings. The second kappa shape index (κ2) is 13.5. The average molecular weight is 563 g/mol. The molecule has 2 N–H and O–H groups in total. The van der Waals surface area contributed by atoms with Gasteiger partial charge in [-0.1, -0.05) is 13.3 Å². The number of carbonyl (C=O) groups is 2. The molecule has 0 unspecified atom stereocenters. The van der Waals surface area contributed by atoms with E-state index in [1.807, 2.05) is 34.6 Å². The smallest absolute Gasteiger partial charge is 0.407 e. The number of hydrogen-bond acceptors (Lipinski definition) is 9. The standard InChI is InChI=1S/C28H42N4O6S/c1-7-9-21(22-14-20(15-23(33)37-22)36-16-19-10-11-19)31-25(34)28(6)17-39-24(32-28)18(2)29-12-8-13-30-26(35)38-27(3,4)5/h14-15,19,21H,7-13,16-17H2,1-6H3,(H,30,35)(H,31,34)/b29-18+/t21-,28+/m1/s1. The summed E-state index contributed by atoms with van der Waals surface area (Å²) in [5.41, 5.74) is -1.25. The fourth-order valence-corrected chi connectivity index (χ4v) is 4.96. The molecule has 1 fully saturated rings. The van der Waals surface area contributed by atoms with Crippen molar-refractivity contribution in [1.82, 2.24) is 10.6 Å². The third kappa shape index (κ3) is 10.0. The van der Waals surface area contributed by atoms with Crippen molar-refractivity contribution in [1.29, 1.82) is 0 Å². The summed E-state index contributed by atoms with van der Waals surface area (Å²) in [7, 11) is 0. The summed E-state index contributed by atoms with van der Waals surface area (Å²) in [6.45, 7) is 12.7. The fourth-order valence-electron chi connectivity index (χ4n) is 3.81. The topological polar surface area (TPSA) is 132 Å². The van der Waals surface area contributed by atoms with Gasteiger partial charge in [-0.05, 0) is 66.2 Å². The van der Waals surface area contributed by atoms with Crippen LogP contribution in [0.5, 0.6) is 5.75 Å². The van der Waals surface area contributed by atoms with E-state index in [4.69, 9.17) is 18.9 Å². The summed E-state index contributed by atoms with van der Waals surface area (Å²) >= 11 is 1.49. The van der Waals surface area contributed by atoms with Crippen LogP contribution in [-0.4, -0.2) is 59.3 Å². The minimum atomic E-state index is -0.971. The first-order chi connectivity index (χ1) is 18.4. The third-order valence-electron chi connectivity index (χ3n) is 6.16. The molecule has 11 heteroatoms. The van der Waals surface area contributed by atoms with Crippen molar-refractivity contribution >= 4 is 34.5 Å². The van der Waals surface area contributed by atoms with Crippen LogP contribution in [0.15, 0.2) is 31.3 Å². The average Bonchev–Trinajstić information content (AvgIpc) is 3.59. The lowest BCUT2D eigenvalue weighted by atomic mass is 10.0. The van der Waals surface area contributed by atoms with Crippen molar-refractivity contribution in [2.45, 2.75) is 90.8 Å². The molecule has 0 bridgehead atoms. The summed E-state index contributed by atoms with van der Waals surface area (Å²) in [6, 6.07) is 2.59. The molecule has 0 saturated heterocycles. The quantitative estimate of drug-likeness (QED) is 0.264. The van der Waals surface area contributed by atoms with Crippen molar-refractivity contribution in [2.75, 3.05) is 25.4 Å². The monoisotopic (exact) mass is 562 g/mol. The lowest BCUT2D eigenvalue weighted by Gasteiger charge is -2.24. The lowest BCUT2D eigenvalue weighted by molar-refractivity contribution is -0.125. The van der Waals surface area contributed by atoms with E-state index in [9.17, 15) is 14.4 Å². The van der Waals surface area contributed by atoms with Crippen molar-refractivity contribution in [2.24, 2.45) is 15.9 Å². The summed E-state index contributed by atoms with van der Waals surface area (Å²) in [4.78, 5) is 46.6. The number of rotatable bonds is 13. The van der Waals surface area contributed by atoms with Crippen molar-refractivity contribution in [3.63, 3.8) is 0 Å². The highest BCUT2D eigenvalue weighted by atomic mass is 32.2. The number of thioether (sulfide) groups is 1. The molecule has 1 aromatic heterocycles. The van der Waals surface area contributed by atoms with Crippen LogP contribution in [0.4, 0.5) is 4.79 Å². The van der Waals surface area contributed by atoms with E-state index < -0.39 is 28.9 Å². The number of alkyl carbamates (subject to hydrolysis) is 1. The molecule has 0 spiro atoms. The summed E-state index contributed by atoms with van der Waals surface area (Å²) < 4.78 is 16.5. The summed E-state index contributed by atoms with van der Waals surface area (Å²) in [6.07, 6.45) is 3.90. The van der Waals surface area contributed by atoms with Crippen LogP contribution in [-0.2, 0) is 9.53 Å². The molecule has 216 valence electrons. The second-order valence-electron chi connectivity index (χ2n) is 11.3. The number of carbonyl (C=O) groups excluding carboxylic acids is 2. The molecule has 1 aliphatic carbocycles. The largest absolute Gasteiger partial charge is 0.493 e. The molecule has 10 nitrogen and oxygen atoms in total. The Morgan fingerprint density at radius 1 is 1.31 bits per heavy atom. The van der Waals surface area contributed by atoms with Gasteiger partial charge in [0.25, 0.3) is 0 Å². The van der Waals surface area contributed by atoms with Gasteiger partial charge >= 0.3 is 11.7 Å². The van der Waals surface area contributed by atoms with E-state index in [-0.39, 0.29) is 5.91 Å². The van der Waals surface area contributed by atoms with Crippen LogP contribution in [0.1, 0.15) is 85.4 Å². The molecular weight excluding hydrogens is 520 g/mol. The fraction of sp³-hybridized carbons (Fsp3) is 0.679. The molecule has 1 aliphatic heterocycles. The van der Waals surface area contributed by atoms with Gasteiger partial charge in [-0.25, -0.2) is 9.59 Å². The molecule has 2 heterocycles. The molecule has 3 rings (SSSR count).